The summed E-state index contributed by atoms with van der Waals surface area (Å²) >= 11 is 12.8. The molecule has 1 aromatic carbocycles. The molecular weight excluding hydrogens is 483 g/mol. The van der Waals surface area contributed by atoms with E-state index in [0.29, 0.717) is 22.6 Å². The number of nitrogens with zero attached hydrogens (tertiary/aromatic N) is 4. The molecule has 5 rings (SSSR count). The lowest BCUT2D eigenvalue weighted by molar-refractivity contribution is 0.0363. The van der Waals surface area contributed by atoms with Crippen molar-refractivity contribution in [3.8, 4) is 0 Å². The molecule has 1 saturated carbocycles. The number of piperidine rings is 1. The fourth-order valence-electron chi connectivity index (χ4n) is 6.55. The Morgan fingerprint density at radius 2 is 1.49 bits per heavy atom. The summed E-state index contributed by atoms with van der Waals surface area (Å²) in [6, 6.07) is 4.69. The number of hydrogen-bond donors (Lipinski definition) is 0. The van der Waals surface area contributed by atoms with Gasteiger partial charge in [-0.15, -0.1) is 0 Å². The van der Waals surface area contributed by atoms with E-state index in [1.165, 1.54) is 25.7 Å². The summed E-state index contributed by atoms with van der Waals surface area (Å²) in [5, 5.41) is 1.01. The number of rotatable bonds is 6. The Labute approximate surface area is 219 Å². The number of benzene rings is 1. The highest BCUT2D eigenvalue weighted by atomic mass is 35.5. The third kappa shape index (κ3) is 5.47. The molecule has 8 heteroatoms. The quantitative estimate of drug-likeness (QED) is 0.516. The van der Waals surface area contributed by atoms with Crippen LogP contribution < -0.4 is 5.69 Å². The standard InChI is InChI=1S/C27H40Cl2N4O2/c1-19(2)20-3-5-21(6-4-20)31-9-7-22(8-10-31)33-26-18-24(29)23(28)17-25(26)32(27(33)34)12-11-30-13-15-35-16-14-30/h17-22H,3-16H2,1-2H3. The van der Waals surface area contributed by atoms with Crippen LogP contribution in [0.2, 0.25) is 10.0 Å². The number of fused-ring (bicyclic) bond motifs is 1. The second kappa shape index (κ2) is 11.1. The molecule has 0 amide bonds. The zero-order chi connectivity index (χ0) is 24.5. The second-order valence-electron chi connectivity index (χ2n) is 11.1. The lowest BCUT2D eigenvalue weighted by Crippen LogP contribution is -2.45. The van der Waals surface area contributed by atoms with Gasteiger partial charge >= 0.3 is 5.69 Å². The molecule has 35 heavy (non-hydrogen) atoms. The van der Waals surface area contributed by atoms with Crippen molar-refractivity contribution in [1.82, 2.24) is 18.9 Å². The molecule has 3 aliphatic rings. The Morgan fingerprint density at radius 1 is 0.857 bits per heavy atom. The number of aromatic nitrogens is 2. The van der Waals surface area contributed by atoms with Crippen molar-refractivity contribution in [2.24, 2.45) is 11.8 Å². The van der Waals surface area contributed by atoms with Crippen LogP contribution in [0.25, 0.3) is 11.0 Å². The first-order valence-electron chi connectivity index (χ1n) is 13.6. The summed E-state index contributed by atoms with van der Waals surface area (Å²) in [6.07, 6.45) is 7.37. The first-order chi connectivity index (χ1) is 16.9. The lowest BCUT2D eigenvalue weighted by atomic mass is 9.79. The molecule has 0 spiro atoms. The van der Waals surface area contributed by atoms with Gasteiger partial charge in [-0.25, -0.2) is 4.79 Å². The zero-order valence-corrected chi connectivity index (χ0v) is 22.7. The third-order valence-electron chi connectivity index (χ3n) is 8.81. The molecule has 194 valence electrons. The minimum atomic E-state index is 0.0717. The maximum atomic E-state index is 13.7. The van der Waals surface area contributed by atoms with Crippen molar-refractivity contribution in [1.29, 1.82) is 0 Å². The van der Waals surface area contributed by atoms with E-state index in [9.17, 15) is 4.79 Å². The molecule has 2 aromatic rings. The Morgan fingerprint density at radius 3 is 2.11 bits per heavy atom. The van der Waals surface area contributed by atoms with Gasteiger partial charge in [0.25, 0.3) is 0 Å². The largest absolute Gasteiger partial charge is 0.379 e. The van der Waals surface area contributed by atoms with Crippen LogP contribution in [-0.2, 0) is 11.3 Å². The second-order valence-corrected chi connectivity index (χ2v) is 11.9. The van der Waals surface area contributed by atoms with E-state index in [4.69, 9.17) is 27.9 Å². The Kier molecular flexibility index (Phi) is 8.15. The average Bonchev–Trinajstić information content (AvgIpc) is 3.13. The molecule has 1 aromatic heterocycles. The van der Waals surface area contributed by atoms with Crippen molar-refractivity contribution in [2.75, 3.05) is 45.9 Å². The Bertz CT molecular complexity index is 1060. The van der Waals surface area contributed by atoms with Gasteiger partial charge in [0.1, 0.15) is 0 Å². The fraction of sp³-hybridized carbons (Fsp3) is 0.741. The van der Waals surface area contributed by atoms with Gasteiger partial charge in [-0.3, -0.25) is 14.0 Å². The molecule has 2 saturated heterocycles. The minimum Gasteiger partial charge on any atom is -0.379 e. The van der Waals surface area contributed by atoms with Gasteiger partial charge in [-0.05, 0) is 62.5 Å². The normalized spacial score (nSPS) is 25.6. The molecular formula is C27H40Cl2N4O2. The van der Waals surface area contributed by atoms with Crippen LogP contribution in [0.4, 0.5) is 0 Å². The topological polar surface area (TPSA) is 42.6 Å². The van der Waals surface area contributed by atoms with Crippen molar-refractivity contribution >= 4 is 34.2 Å². The van der Waals surface area contributed by atoms with E-state index in [0.717, 1.165) is 81.6 Å². The van der Waals surface area contributed by atoms with Crippen molar-refractivity contribution < 1.29 is 4.74 Å². The monoisotopic (exact) mass is 522 g/mol. The molecule has 0 N–H and O–H groups in total. The first kappa shape index (κ1) is 25.6. The fourth-order valence-corrected chi connectivity index (χ4v) is 6.86. The van der Waals surface area contributed by atoms with E-state index in [2.05, 4.69) is 23.6 Å². The number of imidazole rings is 1. The van der Waals surface area contributed by atoms with Gasteiger partial charge in [0.15, 0.2) is 0 Å². The molecule has 0 unspecified atom stereocenters. The summed E-state index contributed by atoms with van der Waals surface area (Å²) in [6.45, 7) is 11.7. The number of hydrogen-bond acceptors (Lipinski definition) is 4. The molecule has 1 aliphatic carbocycles. The van der Waals surface area contributed by atoms with Crippen LogP contribution in [-0.4, -0.2) is 70.9 Å². The number of ether oxygens (including phenoxy) is 1. The molecule has 2 aliphatic heterocycles. The molecule has 6 nitrogen and oxygen atoms in total. The van der Waals surface area contributed by atoms with Crippen LogP contribution in [0.5, 0.6) is 0 Å². The predicted octanol–water partition coefficient (Wildman–Crippen LogP) is 5.29. The summed E-state index contributed by atoms with van der Waals surface area (Å²) in [5.41, 5.74) is 1.89. The number of likely N-dealkylation sites (tertiary alicyclic amines) is 1. The summed E-state index contributed by atoms with van der Waals surface area (Å²) in [4.78, 5) is 18.8. The Hall–Kier alpha value is -1.05. The third-order valence-corrected chi connectivity index (χ3v) is 9.54. The van der Waals surface area contributed by atoms with Crippen LogP contribution in [0.15, 0.2) is 16.9 Å². The van der Waals surface area contributed by atoms with Crippen molar-refractivity contribution in [3.63, 3.8) is 0 Å². The molecule has 0 radical (unpaired) electrons. The van der Waals surface area contributed by atoms with Crippen molar-refractivity contribution in [3.05, 3.63) is 32.7 Å². The zero-order valence-electron chi connectivity index (χ0n) is 21.2. The maximum absolute atomic E-state index is 13.7. The number of morpholine rings is 1. The Balaban J connectivity index is 1.32. The van der Waals surface area contributed by atoms with Gasteiger partial charge in [-0.1, -0.05) is 37.0 Å². The molecule has 0 atom stereocenters. The van der Waals surface area contributed by atoms with Gasteiger partial charge in [0.2, 0.25) is 0 Å². The smallest absolute Gasteiger partial charge is 0.329 e. The van der Waals surface area contributed by atoms with Gasteiger partial charge in [0.05, 0.1) is 34.3 Å². The predicted molar refractivity (Wildman–Crippen MR) is 144 cm³/mol. The van der Waals surface area contributed by atoms with Gasteiger partial charge in [0, 0.05) is 51.4 Å². The van der Waals surface area contributed by atoms with Crippen molar-refractivity contribution in [2.45, 2.75) is 71.0 Å². The van der Waals surface area contributed by atoms with E-state index in [1.54, 1.807) is 0 Å². The van der Waals surface area contributed by atoms with Crippen LogP contribution in [0.1, 0.15) is 58.4 Å². The van der Waals surface area contributed by atoms with Crippen LogP contribution in [0.3, 0.4) is 0 Å². The lowest BCUT2D eigenvalue weighted by Gasteiger charge is -2.41. The average molecular weight is 524 g/mol. The highest BCUT2D eigenvalue weighted by molar-refractivity contribution is 6.42. The van der Waals surface area contributed by atoms with E-state index in [1.807, 2.05) is 21.3 Å². The van der Waals surface area contributed by atoms with E-state index >= 15 is 0 Å². The minimum absolute atomic E-state index is 0.0717. The molecule has 3 fully saturated rings. The SMILES string of the molecule is CC(C)C1CCC(N2CCC(n3c(=O)n(CCN4CCOCC4)c4cc(Cl)c(Cl)cc43)CC2)CC1. The van der Waals surface area contributed by atoms with E-state index < -0.39 is 0 Å². The molecule has 3 heterocycles. The summed E-state index contributed by atoms with van der Waals surface area (Å²) in [7, 11) is 0. The first-order valence-corrected chi connectivity index (χ1v) is 14.3. The van der Waals surface area contributed by atoms with E-state index in [-0.39, 0.29) is 11.7 Å². The highest BCUT2D eigenvalue weighted by Gasteiger charge is 2.32. The van der Waals surface area contributed by atoms with Crippen LogP contribution in [0, 0.1) is 11.8 Å². The maximum Gasteiger partial charge on any atom is 0.329 e. The summed E-state index contributed by atoms with van der Waals surface area (Å²) < 4.78 is 9.40. The highest BCUT2D eigenvalue weighted by Crippen LogP contribution is 2.36. The molecule has 0 bridgehead atoms. The van der Waals surface area contributed by atoms with Gasteiger partial charge in [-0.2, -0.15) is 0 Å². The number of halogens is 2. The van der Waals surface area contributed by atoms with Crippen LogP contribution >= 0.6 is 23.2 Å². The summed E-state index contributed by atoms with van der Waals surface area (Å²) in [5.74, 6) is 1.69. The van der Waals surface area contributed by atoms with Gasteiger partial charge < -0.3 is 9.64 Å².